The van der Waals surface area contributed by atoms with Crippen LogP contribution in [0.1, 0.15) is 58.8 Å². The third kappa shape index (κ3) is 5.81. The number of hydrogen-bond acceptors (Lipinski definition) is 4. The van der Waals surface area contributed by atoms with Gasteiger partial charge in [-0.2, -0.15) is 0 Å². The molecule has 7 heteroatoms. The molecule has 0 radical (unpaired) electrons. The lowest BCUT2D eigenvalue weighted by Gasteiger charge is -2.34. The molecule has 0 fully saturated rings. The Labute approximate surface area is 228 Å². The quantitative estimate of drug-likeness (QED) is 0.351. The van der Waals surface area contributed by atoms with Gasteiger partial charge in [-0.25, -0.2) is 4.79 Å². The van der Waals surface area contributed by atoms with Gasteiger partial charge < -0.3 is 15.0 Å². The number of amides is 2. The van der Waals surface area contributed by atoms with E-state index < -0.39 is 11.9 Å². The van der Waals surface area contributed by atoms with Crippen molar-refractivity contribution in [1.82, 2.24) is 4.90 Å². The van der Waals surface area contributed by atoms with E-state index in [1.807, 2.05) is 56.3 Å². The Kier molecular flexibility index (Phi) is 8.32. The molecule has 6 nitrogen and oxygen atoms in total. The van der Waals surface area contributed by atoms with E-state index in [2.05, 4.69) is 5.32 Å². The maximum absolute atomic E-state index is 13.4. The summed E-state index contributed by atoms with van der Waals surface area (Å²) in [6.07, 6.45) is 0.0855. The SMILES string of the molecule is CCOC(=O)C1=C(C)N(Cc2cccc(C(=O)Nc3ccc(C)c(C)c3)c2)C(=O)CC1c1ccccc1Cl. The molecule has 0 aromatic heterocycles. The van der Waals surface area contributed by atoms with Gasteiger partial charge in [-0.3, -0.25) is 9.59 Å². The van der Waals surface area contributed by atoms with Crippen LogP contribution in [0.4, 0.5) is 5.69 Å². The third-order valence-corrected chi connectivity index (χ3v) is 7.24. The summed E-state index contributed by atoms with van der Waals surface area (Å²) in [4.78, 5) is 41.0. The number of halogens is 1. The van der Waals surface area contributed by atoms with Crippen LogP contribution in [0.3, 0.4) is 0 Å². The summed E-state index contributed by atoms with van der Waals surface area (Å²) in [6.45, 7) is 7.96. The molecular formula is C31H31ClN2O4. The minimum atomic E-state index is -0.499. The van der Waals surface area contributed by atoms with Gasteiger partial charge >= 0.3 is 5.97 Å². The largest absolute Gasteiger partial charge is 0.463 e. The molecule has 1 unspecified atom stereocenters. The van der Waals surface area contributed by atoms with Crippen LogP contribution in [0, 0.1) is 13.8 Å². The fourth-order valence-electron chi connectivity index (χ4n) is 4.72. The normalized spacial score (nSPS) is 15.4. The van der Waals surface area contributed by atoms with E-state index in [-0.39, 0.29) is 31.4 Å². The average Bonchev–Trinajstić information content (AvgIpc) is 2.89. The summed E-state index contributed by atoms with van der Waals surface area (Å²) in [6, 6.07) is 20.2. The topological polar surface area (TPSA) is 75.7 Å². The van der Waals surface area contributed by atoms with Crippen LogP contribution in [-0.4, -0.2) is 29.3 Å². The summed E-state index contributed by atoms with van der Waals surface area (Å²) >= 11 is 6.45. The van der Waals surface area contributed by atoms with Gasteiger partial charge in [0.25, 0.3) is 5.91 Å². The average molecular weight is 531 g/mol. The van der Waals surface area contributed by atoms with E-state index in [1.165, 1.54) is 0 Å². The molecule has 0 spiro atoms. The molecule has 0 saturated carbocycles. The van der Waals surface area contributed by atoms with Gasteiger partial charge in [0.1, 0.15) is 0 Å². The molecule has 2 amide bonds. The Morgan fingerprint density at radius 3 is 2.47 bits per heavy atom. The Bertz CT molecular complexity index is 1430. The third-order valence-electron chi connectivity index (χ3n) is 6.89. The van der Waals surface area contributed by atoms with E-state index in [9.17, 15) is 14.4 Å². The van der Waals surface area contributed by atoms with Gasteiger partial charge in [0.15, 0.2) is 0 Å². The summed E-state index contributed by atoms with van der Waals surface area (Å²) in [5.41, 5.74) is 5.87. The number of ether oxygens (including phenoxy) is 1. The zero-order chi connectivity index (χ0) is 27.4. The highest BCUT2D eigenvalue weighted by Crippen LogP contribution is 2.40. The lowest BCUT2D eigenvalue weighted by atomic mass is 9.83. The van der Waals surface area contributed by atoms with Gasteiger partial charge in [0.2, 0.25) is 5.91 Å². The molecule has 3 aromatic rings. The Hall–Kier alpha value is -3.90. The van der Waals surface area contributed by atoms with Crippen molar-refractivity contribution in [2.75, 3.05) is 11.9 Å². The molecule has 1 heterocycles. The zero-order valence-electron chi connectivity index (χ0n) is 22.0. The molecular weight excluding hydrogens is 500 g/mol. The van der Waals surface area contributed by atoms with E-state index in [0.717, 1.165) is 27.9 Å². The molecule has 0 bridgehead atoms. The highest BCUT2D eigenvalue weighted by atomic mass is 35.5. The summed E-state index contributed by atoms with van der Waals surface area (Å²) in [7, 11) is 0. The van der Waals surface area contributed by atoms with Crippen molar-refractivity contribution in [3.63, 3.8) is 0 Å². The summed E-state index contributed by atoms with van der Waals surface area (Å²) in [5, 5.41) is 3.43. The van der Waals surface area contributed by atoms with Crippen LogP contribution in [0.15, 0.2) is 78.0 Å². The van der Waals surface area contributed by atoms with Crippen LogP contribution in [-0.2, 0) is 20.9 Å². The first-order valence-corrected chi connectivity index (χ1v) is 13.0. The van der Waals surface area contributed by atoms with Crippen LogP contribution in [0.25, 0.3) is 0 Å². The lowest BCUT2D eigenvalue weighted by molar-refractivity contribution is -0.140. The second kappa shape index (κ2) is 11.7. The minimum absolute atomic E-state index is 0.0855. The molecule has 3 aromatic carbocycles. The van der Waals surface area contributed by atoms with Crippen molar-refractivity contribution in [1.29, 1.82) is 0 Å². The van der Waals surface area contributed by atoms with E-state index >= 15 is 0 Å². The number of rotatable bonds is 7. The summed E-state index contributed by atoms with van der Waals surface area (Å²) < 4.78 is 5.37. The van der Waals surface area contributed by atoms with E-state index in [1.54, 1.807) is 43.0 Å². The van der Waals surface area contributed by atoms with Gasteiger partial charge in [0, 0.05) is 34.3 Å². The van der Waals surface area contributed by atoms with Crippen LogP contribution in [0.2, 0.25) is 5.02 Å². The maximum Gasteiger partial charge on any atom is 0.336 e. The van der Waals surface area contributed by atoms with Crippen molar-refractivity contribution < 1.29 is 19.1 Å². The standard InChI is InChI=1S/C31H31ClN2O4/c1-5-38-31(37)29-21(4)34(28(35)17-26(29)25-11-6-7-12-27(25)32)18-22-9-8-10-23(16-22)30(36)33-24-14-13-19(2)20(3)15-24/h6-16,26H,5,17-18H2,1-4H3,(H,33,36). The number of allylic oxidation sites excluding steroid dienone is 1. The molecule has 4 rings (SSSR count). The number of nitrogens with zero attached hydrogens (tertiary/aromatic N) is 1. The highest BCUT2D eigenvalue weighted by Gasteiger charge is 2.37. The minimum Gasteiger partial charge on any atom is -0.463 e. The number of carbonyl (C=O) groups is 3. The molecule has 196 valence electrons. The number of anilines is 1. The first-order chi connectivity index (χ1) is 18.2. The lowest BCUT2D eigenvalue weighted by Crippen LogP contribution is -2.38. The predicted octanol–water partition coefficient (Wildman–Crippen LogP) is 6.56. The first kappa shape index (κ1) is 27.1. The molecule has 1 N–H and O–H groups in total. The molecule has 1 aliphatic rings. The van der Waals surface area contributed by atoms with Gasteiger partial charge in [-0.05, 0) is 80.3 Å². The van der Waals surface area contributed by atoms with Gasteiger partial charge in [-0.15, -0.1) is 0 Å². The molecule has 0 aliphatic carbocycles. The number of nitrogens with one attached hydrogen (secondary N) is 1. The number of carbonyl (C=O) groups excluding carboxylic acids is 3. The zero-order valence-corrected chi connectivity index (χ0v) is 22.8. The Morgan fingerprint density at radius 2 is 1.76 bits per heavy atom. The van der Waals surface area contributed by atoms with Crippen molar-refractivity contribution in [2.45, 2.75) is 46.6 Å². The Morgan fingerprint density at radius 1 is 1.00 bits per heavy atom. The van der Waals surface area contributed by atoms with Crippen LogP contribution < -0.4 is 5.32 Å². The molecule has 1 aliphatic heterocycles. The second-order valence-electron chi connectivity index (χ2n) is 9.43. The fourth-order valence-corrected chi connectivity index (χ4v) is 4.98. The predicted molar refractivity (Wildman–Crippen MR) is 149 cm³/mol. The Balaban J connectivity index is 1.62. The first-order valence-electron chi connectivity index (χ1n) is 12.6. The fraction of sp³-hybridized carbons (Fsp3) is 0.258. The molecule has 1 atom stereocenters. The van der Waals surface area contributed by atoms with Crippen molar-refractivity contribution >= 4 is 35.1 Å². The monoisotopic (exact) mass is 530 g/mol. The van der Waals surface area contributed by atoms with Crippen LogP contribution in [0.5, 0.6) is 0 Å². The van der Waals surface area contributed by atoms with Gasteiger partial charge in [-0.1, -0.05) is 48.0 Å². The molecule has 0 saturated heterocycles. The van der Waals surface area contributed by atoms with Crippen molar-refractivity contribution in [3.05, 3.63) is 111 Å². The number of benzene rings is 3. The number of hydrogen-bond donors (Lipinski definition) is 1. The highest BCUT2D eigenvalue weighted by molar-refractivity contribution is 6.31. The van der Waals surface area contributed by atoms with Gasteiger partial charge in [0.05, 0.1) is 18.7 Å². The molecule has 38 heavy (non-hydrogen) atoms. The second-order valence-corrected chi connectivity index (χ2v) is 9.84. The van der Waals surface area contributed by atoms with E-state index in [0.29, 0.717) is 21.9 Å². The van der Waals surface area contributed by atoms with E-state index in [4.69, 9.17) is 16.3 Å². The van der Waals surface area contributed by atoms with Crippen molar-refractivity contribution in [3.8, 4) is 0 Å². The van der Waals surface area contributed by atoms with Crippen molar-refractivity contribution in [2.24, 2.45) is 0 Å². The summed E-state index contributed by atoms with van der Waals surface area (Å²) in [5.74, 6) is -1.33. The number of esters is 1. The number of aryl methyl sites for hydroxylation is 2. The maximum atomic E-state index is 13.4. The smallest absolute Gasteiger partial charge is 0.336 e. The van der Waals surface area contributed by atoms with Crippen LogP contribution >= 0.6 is 11.6 Å².